The molecule has 100 valence electrons. The summed E-state index contributed by atoms with van der Waals surface area (Å²) in [5.41, 5.74) is 0.587. The Morgan fingerprint density at radius 1 is 1.67 bits per heavy atom. The van der Waals surface area contributed by atoms with Crippen LogP contribution in [0.2, 0.25) is 5.02 Å². The summed E-state index contributed by atoms with van der Waals surface area (Å²) in [7, 11) is 0. The van der Waals surface area contributed by atoms with E-state index in [-0.39, 0.29) is 5.78 Å². The molecule has 2 rings (SSSR count). The number of hydrogen-bond donors (Lipinski definition) is 1. The molecule has 1 unspecified atom stereocenters. The maximum atomic E-state index is 12.2. The van der Waals surface area contributed by atoms with Crippen molar-refractivity contribution in [3.05, 3.63) is 16.9 Å². The fraction of sp³-hybridized carbons (Fsp3) is 0.692. The minimum Gasteiger partial charge on any atom is -0.316 e. The zero-order valence-electron chi connectivity index (χ0n) is 10.8. The molecule has 18 heavy (non-hydrogen) atoms. The topological polar surface area (TPSA) is 46.9 Å². The second kappa shape index (κ2) is 6.34. The van der Waals surface area contributed by atoms with Gasteiger partial charge in [0.05, 0.1) is 11.2 Å². The minimum atomic E-state index is 0.123. The Kier molecular flexibility index (Phi) is 4.78. The van der Waals surface area contributed by atoms with Crippen LogP contribution in [0.15, 0.2) is 6.20 Å². The summed E-state index contributed by atoms with van der Waals surface area (Å²) in [6, 6.07) is 0. The van der Waals surface area contributed by atoms with E-state index >= 15 is 0 Å². The van der Waals surface area contributed by atoms with Crippen molar-refractivity contribution in [1.29, 1.82) is 0 Å². The highest BCUT2D eigenvalue weighted by molar-refractivity contribution is 6.33. The molecule has 0 bridgehead atoms. The van der Waals surface area contributed by atoms with Crippen LogP contribution in [0.5, 0.6) is 0 Å². The van der Waals surface area contributed by atoms with Gasteiger partial charge in [-0.15, -0.1) is 0 Å². The fourth-order valence-electron chi connectivity index (χ4n) is 2.44. The molecule has 2 heterocycles. The zero-order chi connectivity index (χ0) is 13.0. The molecule has 1 aromatic rings. The van der Waals surface area contributed by atoms with Gasteiger partial charge in [-0.25, -0.2) is 0 Å². The molecule has 0 amide bonds. The molecule has 1 saturated heterocycles. The summed E-state index contributed by atoms with van der Waals surface area (Å²) in [6.45, 7) is 4.93. The number of nitrogens with zero attached hydrogens (tertiary/aromatic N) is 2. The number of hydrogen-bond acceptors (Lipinski definition) is 3. The molecule has 0 spiro atoms. The second-order valence-corrected chi connectivity index (χ2v) is 5.29. The number of aryl methyl sites for hydroxylation is 1. The number of rotatable bonds is 6. The van der Waals surface area contributed by atoms with E-state index in [0.29, 0.717) is 23.1 Å². The number of ketones is 1. The third-order valence-corrected chi connectivity index (χ3v) is 3.71. The van der Waals surface area contributed by atoms with Gasteiger partial charge in [-0.05, 0) is 38.3 Å². The smallest absolute Gasteiger partial charge is 0.182 e. The zero-order valence-corrected chi connectivity index (χ0v) is 11.5. The summed E-state index contributed by atoms with van der Waals surface area (Å²) in [6.07, 6.45) is 5.21. The van der Waals surface area contributed by atoms with Gasteiger partial charge in [0.15, 0.2) is 5.78 Å². The SMILES string of the molecule is CCCn1ncc(Cl)c1C(=O)CCC1CCNC1. The van der Waals surface area contributed by atoms with Crippen molar-refractivity contribution >= 4 is 17.4 Å². The molecular weight excluding hydrogens is 250 g/mol. The van der Waals surface area contributed by atoms with Gasteiger partial charge in [0, 0.05) is 13.0 Å². The Balaban J connectivity index is 1.96. The molecule has 1 atom stereocenters. The summed E-state index contributed by atoms with van der Waals surface area (Å²) in [5.74, 6) is 0.758. The largest absolute Gasteiger partial charge is 0.316 e. The maximum Gasteiger partial charge on any atom is 0.182 e. The van der Waals surface area contributed by atoms with Gasteiger partial charge in [-0.1, -0.05) is 18.5 Å². The van der Waals surface area contributed by atoms with Crippen molar-refractivity contribution in [3.63, 3.8) is 0 Å². The van der Waals surface area contributed by atoms with Crippen LogP contribution in [0.3, 0.4) is 0 Å². The molecule has 0 aromatic carbocycles. The molecule has 1 aromatic heterocycles. The van der Waals surface area contributed by atoms with E-state index in [1.807, 2.05) is 0 Å². The van der Waals surface area contributed by atoms with E-state index < -0.39 is 0 Å². The number of Topliss-reactive ketones (excluding diaryl/α,β-unsaturated/α-hetero) is 1. The van der Waals surface area contributed by atoms with Gasteiger partial charge in [0.1, 0.15) is 5.69 Å². The van der Waals surface area contributed by atoms with Gasteiger partial charge in [-0.3, -0.25) is 9.48 Å². The Hall–Kier alpha value is -0.870. The first-order valence-electron chi connectivity index (χ1n) is 6.67. The monoisotopic (exact) mass is 269 g/mol. The van der Waals surface area contributed by atoms with Gasteiger partial charge < -0.3 is 5.32 Å². The molecule has 0 aliphatic carbocycles. The van der Waals surface area contributed by atoms with Gasteiger partial charge in [-0.2, -0.15) is 5.10 Å². The summed E-state index contributed by atoms with van der Waals surface area (Å²) in [5, 5.41) is 7.96. The van der Waals surface area contributed by atoms with Crippen molar-refractivity contribution in [2.45, 2.75) is 39.2 Å². The van der Waals surface area contributed by atoms with Crippen LogP contribution in [0.4, 0.5) is 0 Å². The third-order valence-electron chi connectivity index (χ3n) is 3.44. The minimum absolute atomic E-state index is 0.123. The highest BCUT2D eigenvalue weighted by atomic mass is 35.5. The highest BCUT2D eigenvalue weighted by Gasteiger charge is 2.20. The van der Waals surface area contributed by atoms with Gasteiger partial charge in [0.25, 0.3) is 0 Å². The average molecular weight is 270 g/mol. The predicted octanol–water partition coefficient (Wildman–Crippen LogP) is 2.52. The first-order chi connectivity index (χ1) is 8.72. The first-order valence-corrected chi connectivity index (χ1v) is 7.05. The van der Waals surface area contributed by atoms with Crippen LogP contribution in [0.1, 0.15) is 43.1 Å². The van der Waals surface area contributed by atoms with E-state index in [1.54, 1.807) is 10.9 Å². The lowest BCUT2D eigenvalue weighted by Crippen LogP contribution is -2.14. The summed E-state index contributed by atoms with van der Waals surface area (Å²) < 4.78 is 1.73. The molecule has 4 nitrogen and oxygen atoms in total. The normalized spacial score (nSPS) is 19.3. The molecule has 0 saturated carbocycles. The van der Waals surface area contributed by atoms with Crippen molar-refractivity contribution < 1.29 is 4.79 Å². The fourth-order valence-corrected chi connectivity index (χ4v) is 2.68. The second-order valence-electron chi connectivity index (χ2n) is 4.88. The van der Waals surface area contributed by atoms with Crippen LogP contribution >= 0.6 is 11.6 Å². The lowest BCUT2D eigenvalue weighted by molar-refractivity contribution is 0.0964. The first kappa shape index (κ1) is 13.6. The molecule has 1 N–H and O–H groups in total. The van der Waals surface area contributed by atoms with E-state index in [4.69, 9.17) is 11.6 Å². The van der Waals surface area contributed by atoms with E-state index in [9.17, 15) is 4.79 Å². The summed E-state index contributed by atoms with van der Waals surface area (Å²) >= 11 is 6.05. The number of nitrogens with one attached hydrogen (secondary N) is 1. The van der Waals surface area contributed by atoms with Crippen LogP contribution in [-0.2, 0) is 6.54 Å². The molecule has 1 fully saturated rings. The molecule has 0 radical (unpaired) electrons. The lowest BCUT2D eigenvalue weighted by atomic mass is 10.00. The van der Waals surface area contributed by atoms with Gasteiger partial charge in [0.2, 0.25) is 0 Å². The number of halogens is 1. The van der Waals surface area contributed by atoms with E-state index in [2.05, 4.69) is 17.3 Å². The molecule has 1 aliphatic rings. The quantitative estimate of drug-likeness (QED) is 0.808. The summed E-state index contributed by atoms with van der Waals surface area (Å²) in [4.78, 5) is 12.2. The molecule has 5 heteroatoms. The lowest BCUT2D eigenvalue weighted by Gasteiger charge is -2.09. The Morgan fingerprint density at radius 3 is 3.17 bits per heavy atom. The van der Waals surface area contributed by atoms with Crippen molar-refractivity contribution in [1.82, 2.24) is 15.1 Å². The van der Waals surface area contributed by atoms with Crippen molar-refractivity contribution in [3.8, 4) is 0 Å². The average Bonchev–Trinajstić information content (AvgIpc) is 2.97. The maximum absolute atomic E-state index is 12.2. The third kappa shape index (κ3) is 3.12. The van der Waals surface area contributed by atoms with Crippen LogP contribution in [0.25, 0.3) is 0 Å². The van der Waals surface area contributed by atoms with Crippen molar-refractivity contribution in [2.24, 2.45) is 5.92 Å². The number of carbonyl (C=O) groups is 1. The van der Waals surface area contributed by atoms with E-state index in [0.717, 1.165) is 32.5 Å². The van der Waals surface area contributed by atoms with E-state index in [1.165, 1.54) is 6.42 Å². The Bertz CT molecular complexity index is 410. The Morgan fingerprint density at radius 2 is 2.50 bits per heavy atom. The van der Waals surface area contributed by atoms with Gasteiger partial charge >= 0.3 is 0 Å². The Labute approximate surface area is 113 Å². The number of aromatic nitrogens is 2. The number of carbonyl (C=O) groups excluding carboxylic acids is 1. The highest BCUT2D eigenvalue weighted by Crippen LogP contribution is 2.21. The van der Waals surface area contributed by atoms with Crippen LogP contribution in [0, 0.1) is 5.92 Å². The van der Waals surface area contributed by atoms with Crippen LogP contribution in [-0.4, -0.2) is 28.7 Å². The molecule has 1 aliphatic heterocycles. The predicted molar refractivity (Wildman–Crippen MR) is 72.1 cm³/mol. The van der Waals surface area contributed by atoms with Crippen molar-refractivity contribution in [2.75, 3.05) is 13.1 Å². The molecular formula is C13H20ClN3O. The standard InChI is InChI=1S/C13H20ClN3O/c1-2-7-17-13(11(14)9-16-17)12(18)4-3-10-5-6-15-8-10/h9-10,15H,2-8H2,1H3. The van der Waals surface area contributed by atoms with Crippen LogP contribution < -0.4 is 5.32 Å².